The Morgan fingerprint density at radius 3 is 2.44 bits per heavy atom. The van der Waals surface area contributed by atoms with Gasteiger partial charge in [-0.1, -0.05) is 35.5 Å². The van der Waals surface area contributed by atoms with Crippen LogP contribution in [0, 0.1) is 11.8 Å². The van der Waals surface area contributed by atoms with Gasteiger partial charge in [-0.3, -0.25) is 4.90 Å². The first-order chi connectivity index (χ1) is 8.86. The highest BCUT2D eigenvalue weighted by atomic mass is 32.2. The highest BCUT2D eigenvalue weighted by Gasteiger charge is 2.37. The minimum atomic E-state index is 0.441. The van der Waals surface area contributed by atoms with Gasteiger partial charge in [-0.15, -0.1) is 0 Å². The van der Waals surface area contributed by atoms with Crippen LogP contribution < -0.4 is 0 Å². The lowest BCUT2D eigenvalue weighted by Gasteiger charge is -2.41. The summed E-state index contributed by atoms with van der Waals surface area (Å²) in [7, 11) is 0. The van der Waals surface area contributed by atoms with Gasteiger partial charge in [0.1, 0.15) is 0 Å². The second-order valence-electron chi connectivity index (χ2n) is 5.14. The summed E-state index contributed by atoms with van der Waals surface area (Å²) in [6.45, 7) is 3.06. The molecule has 2 bridgehead atoms. The summed E-state index contributed by atoms with van der Waals surface area (Å²) in [5, 5.41) is 12.7. The quantitative estimate of drug-likeness (QED) is 0.656. The smallest absolute Gasteiger partial charge is 0.0674 e. The Hall–Kier alpha value is -1.00. The van der Waals surface area contributed by atoms with E-state index in [0.717, 1.165) is 36.9 Å². The number of oxime groups is 1. The van der Waals surface area contributed by atoms with Crippen molar-refractivity contribution < 1.29 is 5.21 Å². The van der Waals surface area contributed by atoms with E-state index in [2.05, 4.69) is 40.4 Å². The predicted molar refractivity (Wildman–Crippen MR) is 75.2 cm³/mol. The predicted octanol–water partition coefficient (Wildman–Crippen LogP) is 2.31. The molecule has 2 aliphatic rings. The van der Waals surface area contributed by atoms with Gasteiger partial charge < -0.3 is 5.21 Å². The van der Waals surface area contributed by atoms with Crippen LogP contribution in [-0.2, 0) is 6.54 Å². The Balaban J connectivity index is 1.70. The van der Waals surface area contributed by atoms with Gasteiger partial charge in [0.25, 0.3) is 0 Å². The van der Waals surface area contributed by atoms with Gasteiger partial charge >= 0.3 is 0 Å². The molecule has 2 fully saturated rings. The molecule has 2 atom stereocenters. The third-order valence-electron chi connectivity index (χ3n) is 3.80. The van der Waals surface area contributed by atoms with Crippen molar-refractivity contribution in [2.24, 2.45) is 17.0 Å². The Kier molecular flexibility index (Phi) is 3.57. The van der Waals surface area contributed by atoms with E-state index in [4.69, 9.17) is 5.21 Å². The number of benzene rings is 1. The molecule has 0 saturated carbocycles. The topological polar surface area (TPSA) is 35.8 Å². The number of hydrogen-bond acceptors (Lipinski definition) is 4. The summed E-state index contributed by atoms with van der Waals surface area (Å²) < 4.78 is 0. The van der Waals surface area contributed by atoms with Crippen LogP contribution in [0.5, 0.6) is 0 Å². The molecule has 1 N–H and O–H groups in total. The second-order valence-corrected chi connectivity index (χ2v) is 6.21. The Morgan fingerprint density at radius 1 is 1.17 bits per heavy atom. The standard InChI is InChI=1S/C14H18N2OS/c17-15-14-12-7-16(8-13(14)10-18-9-12)6-11-4-2-1-3-5-11/h1-5,12-13,17H,6-10H2/t12-,13+. The number of nitrogens with zero attached hydrogens (tertiary/aromatic N) is 2. The van der Waals surface area contributed by atoms with Crippen LogP contribution in [0.2, 0.25) is 0 Å². The minimum Gasteiger partial charge on any atom is -0.411 e. The lowest BCUT2D eigenvalue weighted by molar-refractivity contribution is 0.201. The van der Waals surface area contributed by atoms with E-state index < -0.39 is 0 Å². The normalized spacial score (nSPS) is 30.6. The average molecular weight is 262 g/mol. The Bertz CT molecular complexity index is 419. The molecule has 2 heterocycles. The van der Waals surface area contributed by atoms with Gasteiger partial charge in [0.2, 0.25) is 0 Å². The summed E-state index contributed by atoms with van der Waals surface area (Å²) in [6, 6.07) is 10.6. The highest BCUT2D eigenvalue weighted by Crippen LogP contribution is 2.31. The Labute approximate surface area is 112 Å². The first-order valence-corrected chi connectivity index (χ1v) is 7.58. The fraction of sp³-hybridized carbons (Fsp3) is 0.500. The van der Waals surface area contributed by atoms with Crippen LogP contribution >= 0.6 is 11.8 Å². The summed E-state index contributed by atoms with van der Waals surface area (Å²) >= 11 is 2.00. The first kappa shape index (κ1) is 12.1. The maximum Gasteiger partial charge on any atom is 0.0674 e. The molecule has 0 aromatic heterocycles. The van der Waals surface area contributed by atoms with Crippen molar-refractivity contribution in [3.63, 3.8) is 0 Å². The van der Waals surface area contributed by atoms with Crippen molar-refractivity contribution in [1.29, 1.82) is 0 Å². The van der Waals surface area contributed by atoms with Gasteiger partial charge in [-0.05, 0) is 5.56 Å². The molecule has 3 nitrogen and oxygen atoms in total. The van der Waals surface area contributed by atoms with Crippen LogP contribution in [0.25, 0.3) is 0 Å². The summed E-state index contributed by atoms with van der Waals surface area (Å²) in [4.78, 5) is 2.50. The third kappa shape index (κ3) is 2.40. The molecule has 1 aromatic carbocycles. The monoisotopic (exact) mass is 262 g/mol. The molecule has 1 aromatic rings. The molecule has 0 unspecified atom stereocenters. The average Bonchev–Trinajstić information content (AvgIpc) is 2.39. The number of fused-ring (bicyclic) bond motifs is 2. The highest BCUT2D eigenvalue weighted by molar-refractivity contribution is 7.99. The zero-order valence-corrected chi connectivity index (χ0v) is 11.1. The zero-order valence-electron chi connectivity index (χ0n) is 10.3. The van der Waals surface area contributed by atoms with Crippen molar-refractivity contribution in [1.82, 2.24) is 4.90 Å². The molecule has 0 radical (unpaired) electrons. The van der Waals surface area contributed by atoms with Crippen LogP contribution in [0.1, 0.15) is 5.56 Å². The van der Waals surface area contributed by atoms with Crippen LogP contribution in [-0.4, -0.2) is 40.4 Å². The zero-order chi connectivity index (χ0) is 12.4. The number of likely N-dealkylation sites (tertiary alicyclic amines) is 1. The minimum absolute atomic E-state index is 0.441. The van der Waals surface area contributed by atoms with E-state index in [9.17, 15) is 0 Å². The SMILES string of the molecule is ON=C1[C@@H]2CSC[C@H]1CN(Cc1ccccc1)C2. The molecule has 0 aliphatic carbocycles. The molecule has 0 spiro atoms. The summed E-state index contributed by atoms with van der Waals surface area (Å²) in [6.07, 6.45) is 0. The van der Waals surface area contributed by atoms with Crippen LogP contribution in [0.4, 0.5) is 0 Å². The molecule has 96 valence electrons. The lowest BCUT2D eigenvalue weighted by atomic mass is 9.88. The fourth-order valence-corrected chi connectivity index (χ4v) is 4.24. The molecule has 2 saturated heterocycles. The molecular weight excluding hydrogens is 244 g/mol. The summed E-state index contributed by atoms with van der Waals surface area (Å²) in [5.74, 6) is 3.08. The second kappa shape index (κ2) is 5.33. The van der Waals surface area contributed by atoms with Crippen molar-refractivity contribution in [3.05, 3.63) is 35.9 Å². The maximum atomic E-state index is 9.13. The number of thioether (sulfide) groups is 1. The van der Waals surface area contributed by atoms with Gasteiger partial charge in [-0.25, -0.2) is 0 Å². The van der Waals surface area contributed by atoms with Gasteiger partial charge in [0.15, 0.2) is 0 Å². The van der Waals surface area contributed by atoms with Gasteiger partial charge in [0.05, 0.1) is 5.71 Å². The molecular formula is C14H18N2OS. The van der Waals surface area contributed by atoms with Gasteiger partial charge in [0, 0.05) is 43.0 Å². The van der Waals surface area contributed by atoms with Crippen molar-refractivity contribution in [3.8, 4) is 0 Å². The lowest BCUT2D eigenvalue weighted by Crippen LogP contribution is -2.50. The van der Waals surface area contributed by atoms with E-state index >= 15 is 0 Å². The largest absolute Gasteiger partial charge is 0.411 e. The van der Waals surface area contributed by atoms with E-state index in [1.54, 1.807) is 0 Å². The number of piperidine rings is 1. The maximum absolute atomic E-state index is 9.13. The van der Waals surface area contributed by atoms with Crippen LogP contribution in [0.15, 0.2) is 35.5 Å². The van der Waals surface area contributed by atoms with E-state index in [-0.39, 0.29) is 0 Å². The Morgan fingerprint density at radius 2 is 1.83 bits per heavy atom. The molecule has 3 rings (SSSR count). The van der Waals surface area contributed by atoms with Crippen molar-refractivity contribution in [2.75, 3.05) is 24.6 Å². The van der Waals surface area contributed by atoms with Gasteiger partial charge in [-0.2, -0.15) is 11.8 Å². The molecule has 4 heteroatoms. The number of hydrogen-bond donors (Lipinski definition) is 1. The van der Waals surface area contributed by atoms with Crippen molar-refractivity contribution in [2.45, 2.75) is 6.54 Å². The third-order valence-corrected chi connectivity index (χ3v) is 5.07. The van der Waals surface area contributed by atoms with E-state index in [1.807, 2.05) is 11.8 Å². The first-order valence-electron chi connectivity index (χ1n) is 6.42. The summed E-state index contributed by atoms with van der Waals surface area (Å²) in [5.41, 5.74) is 2.41. The van der Waals surface area contributed by atoms with E-state index in [1.165, 1.54) is 5.56 Å². The van der Waals surface area contributed by atoms with E-state index in [0.29, 0.717) is 11.8 Å². The number of rotatable bonds is 2. The molecule has 18 heavy (non-hydrogen) atoms. The molecule has 0 amide bonds. The van der Waals surface area contributed by atoms with Crippen LogP contribution in [0.3, 0.4) is 0 Å². The van der Waals surface area contributed by atoms with Crippen molar-refractivity contribution >= 4 is 17.5 Å². The molecule has 2 aliphatic heterocycles. The fourth-order valence-electron chi connectivity index (χ4n) is 2.98.